The average Bonchev–Trinajstić information content (AvgIpc) is 2.38. The van der Waals surface area contributed by atoms with Crippen molar-refractivity contribution in [3.8, 4) is 0 Å². The van der Waals surface area contributed by atoms with Crippen molar-refractivity contribution in [1.82, 2.24) is 0 Å². The van der Waals surface area contributed by atoms with Gasteiger partial charge in [0.15, 0.2) is 0 Å². The zero-order valence-electron chi connectivity index (χ0n) is 11.1. The van der Waals surface area contributed by atoms with Gasteiger partial charge in [-0.3, -0.25) is 10.1 Å². The van der Waals surface area contributed by atoms with Crippen LogP contribution in [0.2, 0.25) is 0 Å². The molecule has 1 aromatic carbocycles. The van der Waals surface area contributed by atoms with Crippen LogP contribution in [0.5, 0.6) is 0 Å². The van der Waals surface area contributed by atoms with Crippen molar-refractivity contribution >= 4 is 17.3 Å². The summed E-state index contributed by atoms with van der Waals surface area (Å²) in [6.07, 6.45) is 0. The van der Waals surface area contributed by atoms with Crippen LogP contribution in [0.3, 0.4) is 0 Å². The second-order valence-electron chi connectivity index (χ2n) is 3.85. The van der Waals surface area contributed by atoms with Crippen molar-refractivity contribution in [1.29, 1.82) is 0 Å². The van der Waals surface area contributed by atoms with E-state index in [9.17, 15) is 14.9 Å². The van der Waals surface area contributed by atoms with Crippen LogP contribution in [0.15, 0.2) is 12.1 Å². The third-order valence-electron chi connectivity index (χ3n) is 2.57. The van der Waals surface area contributed by atoms with E-state index in [0.717, 1.165) is 0 Å². The van der Waals surface area contributed by atoms with Gasteiger partial charge in [-0.15, -0.1) is 0 Å². The Hall–Kier alpha value is -2.15. The van der Waals surface area contributed by atoms with Crippen LogP contribution in [-0.2, 0) is 9.47 Å². The number of nitrogens with one attached hydrogen (secondary N) is 1. The summed E-state index contributed by atoms with van der Waals surface area (Å²) in [6.45, 7) is 2.56. The lowest BCUT2D eigenvalue weighted by atomic mass is 10.1. The highest BCUT2D eigenvalue weighted by molar-refractivity contribution is 5.93. The lowest BCUT2D eigenvalue weighted by Gasteiger charge is -2.10. The van der Waals surface area contributed by atoms with Crippen molar-refractivity contribution < 1.29 is 19.2 Å². The number of methoxy groups -OCH3 is 2. The number of carbonyl (C=O) groups excluding carboxylic acids is 1. The molecular weight excluding hydrogens is 252 g/mol. The van der Waals surface area contributed by atoms with Crippen molar-refractivity contribution in [2.45, 2.75) is 6.92 Å². The largest absolute Gasteiger partial charge is 0.465 e. The molecule has 0 bridgehead atoms. The Morgan fingerprint density at radius 3 is 2.63 bits per heavy atom. The zero-order valence-corrected chi connectivity index (χ0v) is 11.1. The number of nitro benzene ring substituents is 1. The van der Waals surface area contributed by atoms with Gasteiger partial charge in [-0.1, -0.05) is 0 Å². The van der Waals surface area contributed by atoms with Gasteiger partial charge in [0.25, 0.3) is 5.69 Å². The van der Waals surface area contributed by atoms with Crippen molar-refractivity contribution in [3.05, 3.63) is 33.4 Å². The summed E-state index contributed by atoms with van der Waals surface area (Å²) in [5.41, 5.74) is 0.984. The number of esters is 1. The zero-order chi connectivity index (χ0) is 14.4. The summed E-state index contributed by atoms with van der Waals surface area (Å²) in [5, 5.41) is 13.9. The van der Waals surface area contributed by atoms with E-state index in [1.54, 1.807) is 20.1 Å². The topological polar surface area (TPSA) is 90.7 Å². The molecule has 1 N–H and O–H groups in total. The monoisotopic (exact) mass is 268 g/mol. The Labute approximate surface area is 110 Å². The van der Waals surface area contributed by atoms with Crippen LogP contribution in [-0.4, -0.2) is 38.3 Å². The van der Waals surface area contributed by atoms with E-state index in [0.29, 0.717) is 24.4 Å². The number of hydrogen-bond acceptors (Lipinski definition) is 6. The Kier molecular flexibility index (Phi) is 5.25. The van der Waals surface area contributed by atoms with Gasteiger partial charge in [0, 0.05) is 19.7 Å². The number of rotatable bonds is 6. The summed E-state index contributed by atoms with van der Waals surface area (Å²) < 4.78 is 9.46. The van der Waals surface area contributed by atoms with E-state index < -0.39 is 10.9 Å². The highest BCUT2D eigenvalue weighted by Crippen LogP contribution is 2.28. The molecule has 0 radical (unpaired) electrons. The highest BCUT2D eigenvalue weighted by atomic mass is 16.6. The van der Waals surface area contributed by atoms with Gasteiger partial charge in [-0.2, -0.15) is 0 Å². The maximum atomic E-state index is 11.5. The van der Waals surface area contributed by atoms with Gasteiger partial charge in [0.1, 0.15) is 5.69 Å². The molecule has 0 saturated heterocycles. The number of ether oxygens (including phenoxy) is 2. The molecule has 0 fully saturated rings. The number of anilines is 1. The molecule has 1 rings (SSSR count). The lowest BCUT2D eigenvalue weighted by Crippen LogP contribution is -2.11. The molecule has 0 heterocycles. The minimum Gasteiger partial charge on any atom is -0.465 e. The van der Waals surface area contributed by atoms with E-state index in [-0.39, 0.29) is 11.3 Å². The maximum Gasteiger partial charge on any atom is 0.338 e. The molecule has 0 aromatic heterocycles. The first kappa shape index (κ1) is 14.9. The van der Waals surface area contributed by atoms with Gasteiger partial charge in [-0.25, -0.2) is 4.79 Å². The standard InChI is InChI=1S/C12H16N2O5/c1-8-6-10(13-4-5-18-2)11(14(16)17)7-9(8)12(15)19-3/h6-7,13H,4-5H2,1-3H3. The fourth-order valence-corrected chi connectivity index (χ4v) is 1.61. The predicted molar refractivity (Wildman–Crippen MR) is 69.5 cm³/mol. The Morgan fingerprint density at radius 2 is 2.11 bits per heavy atom. The normalized spacial score (nSPS) is 10.1. The molecule has 0 amide bonds. The van der Waals surface area contributed by atoms with Gasteiger partial charge in [-0.05, 0) is 18.6 Å². The number of carbonyl (C=O) groups is 1. The maximum absolute atomic E-state index is 11.5. The minimum atomic E-state index is -0.593. The third kappa shape index (κ3) is 3.65. The average molecular weight is 268 g/mol. The van der Waals surface area contributed by atoms with Crippen molar-refractivity contribution in [2.24, 2.45) is 0 Å². The highest BCUT2D eigenvalue weighted by Gasteiger charge is 2.20. The van der Waals surface area contributed by atoms with Crippen molar-refractivity contribution in [3.63, 3.8) is 0 Å². The first-order valence-corrected chi connectivity index (χ1v) is 5.61. The van der Waals surface area contributed by atoms with Gasteiger partial charge in [0.05, 0.1) is 24.2 Å². The van der Waals surface area contributed by atoms with Gasteiger partial charge < -0.3 is 14.8 Å². The number of nitrogens with zero attached hydrogens (tertiary/aromatic N) is 1. The third-order valence-corrected chi connectivity index (χ3v) is 2.57. The Morgan fingerprint density at radius 1 is 1.42 bits per heavy atom. The molecule has 0 unspecified atom stereocenters. The van der Waals surface area contributed by atoms with Crippen LogP contribution < -0.4 is 5.32 Å². The van der Waals surface area contributed by atoms with Crippen LogP contribution in [0, 0.1) is 17.0 Å². The molecular formula is C12H16N2O5. The quantitative estimate of drug-likeness (QED) is 0.366. The van der Waals surface area contributed by atoms with Crippen LogP contribution in [0.25, 0.3) is 0 Å². The molecule has 0 aliphatic heterocycles. The van der Waals surface area contributed by atoms with E-state index in [4.69, 9.17) is 4.74 Å². The smallest absolute Gasteiger partial charge is 0.338 e. The Balaban J connectivity index is 3.14. The molecule has 1 aromatic rings. The fourth-order valence-electron chi connectivity index (χ4n) is 1.61. The number of hydrogen-bond donors (Lipinski definition) is 1. The van der Waals surface area contributed by atoms with Crippen molar-refractivity contribution in [2.75, 3.05) is 32.7 Å². The predicted octanol–water partition coefficient (Wildman–Crippen LogP) is 1.75. The first-order valence-electron chi connectivity index (χ1n) is 5.61. The fraction of sp³-hybridized carbons (Fsp3) is 0.417. The molecule has 7 nitrogen and oxygen atoms in total. The SMILES string of the molecule is COCCNc1cc(C)c(C(=O)OC)cc1[N+](=O)[O-]. The molecule has 0 atom stereocenters. The minimum absolute atomic E-state index is 0.165. The second kappa shape index (κ2) is 6.69. The Bertz CT molecular complexity index is 487. The molecule has 7 heteroatoms. The van der Waals surface area contributed by atoms with E-state index >= 15 is 0 Å². The van der Waals surface area contributed by atoms with Crippen LogP contribution >= 0.6 is 0 Å². The van der Waals surface area contributed by atoms with Crippen LogP contribution in [0.1, 0.15) is 15.9 Å². The van der Waals surface area contributed by atoms with Gasteiger partial charge in [0.2, 0.25) is 0 Å². The molecule has 0 aliphatic carbocycles. The summed E-state index contributed by atoms with van der Waals surface area (Å²) in [4.78, 5) is 22.0. The summed E-state index contributed by atoms with van der Waals surface area (Å²) in [6, 6.07) is 2.77. The van der Waals surface area contributed by atoms with E-state index in [1.165, 1.54) is 13.2 Å². The number of benzene rings is 1. The lowest BCUT2D eigenvalue weighted by molar-refractivity contribution is -0.384. The molecule has 0 saturated carbocycles. The summed E-state index contributed by atoms with van der Waals surface area (Å²) in [7, 11) is 2.78. The van der Waals surface area contributed by atoms with Crippen LogP contribution in [0.4, 0.5) is 11.4 Å². The summed E-state index contributed by atoms with van der Waals surface area (Å²) >= 11 is 0. The van der Waals surface area contributed by atoms with E-state index in [1.807, 2.05) is 0 Å². The number of nitro groups is 1. The second-order valence-corrected chi connectivity index (χ2v) is 3.85. The van der Waals surface area contributed by atoms with Gasteiger partial charge >= 0.3 is 5.97 Å². The molecule has 104 valence electrons. The first-order chi connectivity index (χ1) is 9.01. The van der Waals surface area contributed by atoms with E-state index in [2.05, 4.69) is 10.1 Å². The number of aryl methyl sites for hydroxylation is 1. The molecule has 19 heavy (non-hydrogen) atoms. The molecule has 0 spiro atoms. The summed E-state index contributed by atoms with van der Waals surface area (Å²) in [5.74, 6) is -0.593. The molecule has 0 aliphatic rings.